The van der Waals surface area contributed by atoms with Gasteiger partial charge in [-0.3, -0.25) is 9.59 Å². The Hall–Kier alpha value is -2.62. The minimum Gasteiger partial charge on any atom is -0.481 e. The predicted octanol–water partition coefficient (Wildman–Crippen LogP) is 6.69. The van der Waals surface area contributed by atoms with Gasteiger partial charge in [-0.25, -0.2) is 0 Å². The van der Waals surface area contributed by atoms with Crippen LogP contribution in [0.25, 0.3) is 0 Å². The third kappa shape index (κ3) is 8.51. The number of ketones is 1. The van der Waals surface area contributed by atoms with E-state index in [1.54, 1.807) is 13.8 Å². The van der Waals surface area contributed by atoms with E-state index in [4.69, 9.17) is 5.11 Å². The van der Waals surface area contributed by atoms with Crippen LogP contribution < -0.4 is 5.32 Å². The Kier molecular flexibility index (Phi) is 13.1. The molecule has 0 saturated carbocycles. The van der Waals surface area contributed by atoms with Crippen LogP contribution in [0.3, 0.4) is 0 Å². The Balaban J connectivity index is 0.00000184. The lowest BCUT2D eigenvalue weighted by Crippen LogP contribution is -2.08. The van der Waals surface area contributed by atoms with Gasteiger partial charge in [-0.1, -0.05) is 65.3 Å². The third-order valence-electron chi connectivity index (χ3n) is 4.36. The maximum absolute atomic E-state index is 11.9. The highest BCUT2D eigenvalue weighted by Crippen LogP contribution is 2.20. The first kappa shape index (κ1) is 26.4. The van der Waals surface area contributed by atoms with E-state index in [0.717, 1.165) is 35.2 Å². The molecule has 0 saturated heterocycles. The topological polar surface area (TPSA) is 66.4 Å². The van der Waals surface area contributed by atoms with Crippen LogP contribution in [0.1, 0.15) is 87.9 Å². The summed E-state index contributed by atoms with van der Waals surface area (Å²) in [7, 11) is 0. The molecule has 1 atom stereocenters. The summed E-state index contributed by atoms with van der Waals surface area (Å²) in [6.45, 7) is 13.9. The van der Waals surface area contributed by atoms with Gasteiger partial charge in [0.1, 0.15) is 0 Å². The van der Waals surface area contributed by atoms with E-state index in [-0.39, 0.29) is 5.78 Å². The first-order valence-electron chi connectivity index (χ1n) is 10.6. The molecule has 0 radical (unpaired) electrons. The van der Waals surface area contributed by atoms with Gasteiger partial charge in [-0.2, -0.15) is 0 Å². The number of Topliss-reactive ketones (excluding diaryl/α,β-unsaturated/α-hetero) is 1. The molecule has 0 bridgehead atoms. The second-order valence-corrected chi connectivity index (χ2v) is 6.33. The summed E-state index contributed by atoms with van der Waals surface area (Å²) in [4.78, 5) is 23.0. The van der Waals surface area contributed by atoms with Crippen molar-refractivity contribution in [3.63, 3.8) is 0 Å². The van der Waals surface area contributed by atoms with Crippen LogP contribution in [0.15, 0.2) is 42.5 Å². The van der Waals surface area contributed by atoms with Gasteiger partial charge in [-0.05, 0) is 55.2 Å². The van der Waals surface area contributed by atoms with Crippen LogP contribution in [0.5, 0.6) is 0 Å². The average Bonchev–Trinajstić information content (AvgIpc) is 2.75. The number of aliphatic carboxylic acids is 1. The number of hydrogen-bond donors (Lipinski definition) is 2. The molecule has 2 aromatic rings. The molecule has 2 rings (SSSR count). The molecule has 2 N–H and O–H groups in total. The molecule has 0 fully saturated rings. The largest absolute Gasteiger partial charge is 0.481 e. The number of carbonyl (C=O) groups excluding carboxylic acids is 1. The Bertz CT molecular complexity index is 751. The number of rotatable bonds is 8. The Morgan fingerprint density at radius 2 is 1.59 bits per heavy atom. The average molecular weight is 400 g/mol. The fourth-order valence-electron chi connectivity index (χ4n) is 2.78. The van der Waals surface area contributed by atoms with Gasteiger partial charge < -0.3 is 10.4 Å². The number of nitrogens with one attached hydrogen (secondary N) is 1. The van der Waals surface area contributed by atoms with Crippen molar-refractivity contribution in [2.45, 2.75) is 73.8 Å². The predicted molar refractivity (Wildman–Crippen MR) is 123 cm³/mol. The summed E-state index contributed by atoms with van der Waals surface area (Å²) in [6.07, 6.45) is 2.02. The summed E-state index contributed by atoms with van der Waals surface area (Å²) < 4.78 is 0. The molecular formula is C25H37NO3. The Morgan fingerprint density at radius 1 is 1.00 bits per heavy atom. The monoisotopic (exact) mass is 399 g/mol. The van der Waals surface area contributed by atoms with Crippen molar-refractivity contribution in [1.82, 2.24) is 0 Å². The van der Waals surface area contributed by atoms with Crippen molar-refractivity contribution < 1.29 is 14.7 Å². The minimum absolute atomic E-state index is 0.0698. The van der Waals surface area contributed by atoms with E-state index >= 15 is 0 Å². The van der Waals surface area contributed by atoms with Gasteiger partial charge in [0.15, 0.2) is 5.78 Å². The van der Waals surface area contributed by atoms with Crippen LogP contribution in [0.4, 0.5) is 5.69 Å². The number of aryl methyl sites for hydroxylation is 1. The van der Waals surface area contributed by atoms with Crippen LogP contribution in [0.2, 0.25) is 0 Å². The maximum Gasteiger partial charge on any atom is 0.310 e. The molecular weight excluding hydrogens is 362 g/mol. The summed E-state index contributed by atoms with van der Waals surface area (Å²) >= 11 is 0. The highest BCUT2D eigenvalue weighted by atomic mass is 16.4. The molecule has 0 aliphatic heterocycles. The second kappa shape index (κ2) is 14.4. The molecule has 2 aromatic carbocycles. The van der Waals surface area contributed by atoms with Gasteiger partial charge in [0.25, 0.3) is 0 Å². The first-order chi connectivity index (χ1) is 13.9. The first-order valence-corrected chi connectivity index (χ1v) is 10.6. The molecule has 0 heterocycles. The van der Waals surface area contributed by atoms with Crippen molar-refractivity contribution in [3.05, 3.63) is 64.7 Å². The smallest absolute Gasteiger partial charge is 0.310 e. The second-order valence-electron chi connectivity index (χ2n) is 6.33. The molecule has 0 aliphatic rings. The molecule has 1 unspecified atom stereocenters. The van der Waals surface area contributed by atoms with Crippen molar-refractivity contribution in [3.8, 4) is 0 Å². The molecule has 0 aromatic heterocycles. The van der Waals surface area contributed by atoms with E-state index < -0.39 is 11.9 Å². The van der Waals surface area contributed by atoms with Gasteiger partial charge in [0.2, 0.25) is 0 Å². The fraction of sp³-hybridized carbons (Fsp3) is 0.440. The zero-order valence-corrected chi connectivity index (χ0v) is 19.0. The highest BCUT2D eigenvalue weighted by Gasteiger charge is 2.13. The van der Waals surface area contributed by atoms with E-state index in [0.29, 0.717) is 6.54 Å². The SMILES string of the molecule is CC.CC.CCCc1ccc(CNc2ccc(C(C)C(=O)O)cc2)c(C(C)=O)c1. The third-order valence-corrected chi connectivity index (χ3v) is 4.36. The number of carboxylic acid groups (broad SMARTS) is 1. The van der Waals surface area contributed by atoms with E-state index in [2.05, 4.69) is 18.3 Å². The molecule has 29 heavy (non-hydrogen) atoms. The van der Waals surface area contributed by atoms with Gasteiger partial charge >= 0.3 is 5.97 Å². The van der Waals surface area contributed by atoms with Crippen molar-refractivity contribution in [2.24, 2.45) is 0 Å². The standard InChI is InChI=1S/C21H25NO3.2C2H6/c1-4-5-16-6-7-18(20(12-16)15(3)23)13-22-19-10-8-17(9-11-19)14(2)21(24)25;2*1-2/h6-12,14,22H,4-5,13H2,1-3H3,(H,24,25);2*1-2H3. The fourth-order valence-corrected chi connectivity index (χ4v) is 2.78. The lowest BCUT2D eigenvalue weighted by molar-refractivity contribution is -0.138. The lowest BCUT2D eigenvalue weighted by Gasteiger charge is -2.13. The number of hydrogen-bond acceptors (Lipinski definition) is 3. The number of anilines is 1. The summed E-state index contributed by atoms with van der Waals surface area (Å²) in [5.74, 6) is -1.29. The quantitative estimate of drug-likeness (QED) is 0.485. The van der Waals surface area contributed by atoms with Crippen LogP contribution >= 0.6 is 0 Å². The van der Waals surface area contributed by atoms with Crippen molar-refractivity contribution >= 4 is 17.4 Å². The van der Waals surface area contributed by atoms with Crippen LogP contribution in [0, 0.1) is 0 Å². The molecule has 4 heteroatoms. The molecule has 0 amide bonds. The van der Waals surface area contributed by atoms with E-state index in [1.807, 2.05) is 64.1 Å². The summed E-state index contributed by atoms with van der Waals surface area (Å²) in [5.41, 5.74) is 4.58. The van der Waals surface area contributed by atoms with Gasteiger partial charge in [-0.15, -0.1) is 0 Å². The van der Waals surface area contributed by atoms with E-state index in [9.17, 15) is 9.59 Å². The van der Waals surface area contributed by atoms with Gasteiger partial charge in [0, 0.05) is 17.8 Å². The number of benzene rings is 2. The molecule has 0 spiro atoms. The Morgan fingerprint density at radius 3 is 2.07 bits per heavy atom. The van der Waals surface area contributed by atoms with Gasteiger partial charge in [0.05, 0.1) is 5.92 Å². The summed E-state index contributed by atoms with van der Waals surface area (Å²) in [5, 5.41) is 12.4. The van der Waals surface area contributed by atoms with E-state index in [1.165, 1.54) is 5.56 Å². The zero-order valence-electron chi connectivity index (χ0n) is 19.0. The van der Waals surface area contributed by atoms with Crippen LogP contribution in [-0.4, -0.2) is 16.9 Å². The van der Waals surface area contributed by atoms with Crippen molar-refractivity contribution in [2.75, 3.05) is 5.32 Å². The minimum atomic E-state index is -0.834. The molecule has 0 aliphatic carbocycles. The van der Waals surface area contributed by atoms with Crippen LogP contribution in [-0.2, 0) is 17.8 Å². The Labute approximate surface area is 176 Å². The lowest BCUT2D eigenvalue weighted by atomic mass is 9.98. The number of carboxylic acids is 1. The van der Waals surface area contributed by atoms with Crippen molar-refractivity contribution in [1.29, 1.82) is 0 Å². The zero-order chi connectivity index (χ0) is 22.4. The number of carbonyl (C=O) groups is 2. The highest BCUT2D eigenvalue weighted by molar-refractivity contribution is 5.95. The normalized spacial score (nSPS) is 10.6. The molecule has 160 valence electrons. The summed E-state index contributed by atoms with van der Waals surface area (Å²) in [6, 6.07) is 13.4. The molecule has 4 nitrogen and oxygen atoms in total. The maximum atomic E-state index is 11.9.